The molecule has 1 heterocycles. The molecule has 0 N–H and O–H groups in total. The number of aromatic nitrogens is 1. The van der Waals surface area contributed by atoms with E-state index in [4.69, 9.17) is 0 Å². The maximum absolute atomic E-state index is 4.16. The largest absolute Gasteiger partial charge is 0.242 e. The Kier molecular flexibility index (Phi) is 3.14. The lowest BCUT2D eigenvalue weighted by Crippen LogP contribution is -1.74. The van der Waals surface area contributed by atoms with Gasteiger partial charge >= 0.3 is 0 Å². The van der Waals surface area contributed by atoms with Crippen molar-refractivity contribution in [2.45, 2.75) is 13.8 Å². The van der Waals surface area contributed by atoms with E-state index in [1.165, 1.54) is 0 Å². The molecule has 0 unspecified atom stereocenters. The van der Waals surface area contributed by atoms with Crippen molar-refractivity contribution < 1.29 is 0 Å². The number of aliphatic imine (C=N–C) groups is 2. The summed E-state index contributed by atoms with van der Waals surface area (Å²) in [6, 6.07) is 5.57. The first-order valence-corrected chi connectivity index (χ1v) is 3.81. The van der Waals surface area contributed by atoms with Gasteiger partial charge in [-0.3, -0.25) is 0 Å². The fourth-order valence-corrected chi connectivity index (χ4v) is 0.820. The molecule has 0 aliphatic heterocycles. The van der Waals surface area contributed by atoms with Crippen LogP contribution in [0.1, 0.15) is 13.8 Å². The molecule has 0 spiro atoms. The summed E-state index contributed by atoms with van der Waals surface area (Å²) in [5.41, 5.74) is 0. The Morgan fingerprint density at radius 1 is 1.08 bits per heavy atom. The van der Waals surface area contributed by atoms with E-state index in [0.29, 0.717) is 11.6 Å². The zero-order valence-electron chi connectivity index (χ0n) is 7.23. The third kappa shape index (κ3) is 2.27. The Morgan fingerprint density at radius 2 is 1.58 bits per heavy atom. The van der Waals surface area contributed by atoms with Gasteiger partial charge < -0.3 is 0 Å². The second kappa shape index (κ2) is 4.38. The van der Waals surface area contributed by atoms with Gasteiger partial charge in [-0.2, -0.15) is 0 Å². The molecule has 0 saturated heterocycles. The van der Waals surface area contributed by atoms with Crippen LogP contribution in [0.4, 0.5) is 11.6 Å². The van der Waals surface area contributed by atoms with Crippen LogP contribution < -0.4 is 0 Å². The van der Waals surface area contributed by atoms with E-state index in [1.807, 2.05) is 32.0 Å². The Morgan fingerprint density at radius 3 is 2.00 bits per heavy atom. The molecule has 1 aromatic heterocycles. The van der Waals surface area contributed by atoms with E-state index in [0.717, 1.165) is 0 Å². The van der Waals surface area contributed by atoms with Crippen LogP contribution in [-0.2, 0) is 0 Å². The monoisotopic (exact) mass is 161 g/mol. The molecule has 3 nitrogen and oxygen atoms in total. The lowest BCUT2D eigenvalue weighted by molar-refractivity contribution is 1.24. The van der Waals surface area contributed by atoms with E-state index >= 15 is 0 Å². The molecule has 3 heteroatoms. The van der Waals surface area contributed by atoms with Crippen molar-refractivity contribution in [3.63, 3.8) is 0 Å². The van der Waals surface area contributed by atoms with Crippen molar-refractivity contribution in [2.75, 3.05) is 0 Å². The number of nitrogens with zero attached hydrogens (tertiary/aromatic N) is 3. The van der Waals surface area contributed by atoms with Crippen LogP contribution in [0.25, 0.3) is 0 Å². The molecule has 0 bridgehead atoms. The molecule has 1 rings (SSSR count). The first-order chi connectivity index (χ1) is 5.86. The van der Waals surface area contributed by atoms with Gasteiger partial charge in [0, 0.05) is 12.4 Å². The summed E-state index contributed by atoms with van der Waals surface area (Å²) in [7, 11) is 0. The van der Waals surface area contributed by atoms with Crippen molar-refractivity contribution in [3.8, 4) is 0 Å². The normalized spacial score (nSPS) is 11.5. The van der Waals surface area contributed by atoms with Gasteiger partial charge in [-0.15, -0.1) is 0 Å². The van der Waals surface area contributed by atoms with E-state index in [1.54, 1.807) is 12.4 Å². The second-order valence-corrected chi connectivity index (χ2v) is 2.13. The minimum atomic E-state index is 0.695. The summed E-state index contributed by atoms with van der Waals surface area (Å²) in [5.74, 6) is 1.39. The average Bonchev–Trinajstić information content (AvgIpc) is 2.06. The number of hydrogen-bond acceptors (Lipinski definition) is 3. The maximum Gasteiger partial charge on any atom is 0.153 e. The molecule has 0 fully saturated rings. The van der Waals surface area contributed by atoms with Crippen LogP contribution in [-0.4, -0.2) is 17.4 Å². The van der Waals surface area contributed by atoms with Gasteiger partial charge in [0.15, 0.2) is 11.6 Å². The number of rotatable bonds is 2. The minimum Gasteiger partial charge on any atom is -0.242 e. The van der Waals surface area contributed by atoms with Gasteiger partial charge in [0.1, 0.15) is 0 Å². The smallest absolute Gasteiger partial charge is 0.153 e. The van der Waals surface area contributed by atoms with Crippen molar-refractivity contribution >= 4 is 24.1 Å². The number of hydrogen-bond donors (Lipinski definition) is 0. The van der Waals surface area contributed by atoms with E-state index < -0.39 is 0 Å². The lowest BCUT2D eigenvalue weighted by atomic mass is 10.4. The minimum absolute atomic E-state index is 0.695. The van der Waals surface area contributed by atoms with E-state index in [-0.39, 0.29) is 0 Å². The zero-order valence-corrected chi connectivity index (χ0v) is 7.23. The molecule has 0 atom stereocenters. The molecule has 0 aliphatic rings. The molecule has 0 aliphatic carbocycles. The van der Waals surface area contributed by atoms with Crippen LogP contribution in [0.2, 0.25) is 0 Å². The van der Waals surface area contributed by atoms with Crippen LogP contribution in [0.3, 0.4) is 0 Å². The first kappa shape index (κ1) is 8.59. The van der Waals surface area contributed by atoms with Gasteiger partial charge in [-0.25, -0.2) is 15.0 Å². The van der Waals surface area contributed by atoms with Crippen LogP contribution in [0, 0.1) is 0 Å². The Bertz CT molecular complexity index is 275. The highest BCUT2D eigenvalue weighted by Crippen LogP contribution is 2.13. The molecule has 62 valence electrons. The van der Waals surface area contributed by atoms with E-state index in [2.05, 4.69) is 15.0 Å². The third-order valence-corrected chi connectivity index (χ3v) is 1.24. The Balaban J connectivity index is 2.95. The van der Waals surface area contributed by atoms with Gasteiger partial charge in [0.2, 0.25) is 0 Å². The summed E-state index contributed by atoms with van der Waals surface area (Å²) in [6.07, 6.45) is 3.42. The van der Waals surface area contributed by atoms with E-state index in [9.17, 15) is 0 Å². The molecule has 0 aromatic carbocycles. The summed E-state index contributed by atoms with van der Waals surface area (Å²) in [6.45, 7) is 3.72. The van der Waals surface area contributed by atoms with Gasteiger partial charge in [-0.05, 0) is 26.0 Å². The fraction of sp³-hybridized carbons (Fsp3) is 0.222. The SMILES string of the molecule is CC=Nc1cccc(/N=C/C)n1. The highest BCUT2D eigenvalue weighted by atomic mass is 15.0. The van der Waals surface area contributed by atoms with Crippen molar-refractivity contribution in [2.24, 2.45) is 9.98 Å². The zero-order chi connectivity index (χ0) is 8.81. The summed E-state index contributed by atoms with van der Waals surface area (Å²) < 4.78 is 0. The molecular weight excluding hydrogens is 150 g/mol. The lowest BCUT2D eigenvalue weighted by Gasteiger charge is -1.93. The van der Waals surface area contributed by atoms with Crippen LogP contribution in [0.15, 0.2) is 28.2 Å². The molecule has 12 heavy (non-hydrogen) atoms. The standard InChI is InChI=1S/C9H11N3/c1-3-10-8-6-5-7-9(12-8)11-4-2/h3-7H,1-2H3/b10-3+,11-4?. The van der Waals surface area contributed by atoms with Gasteiger partial charge in [0.05, 0.1) is 0 Å². The predicted molar refractivity (Wildman–Crippen MR) is 51.9 cm³/mol. The average molecular weight is 161 g/mol. The Labute approximate surface area is 71.9 Å². The molecule has 0 amide bonds. The maximum atomic E-state index is 4.16. The second-order valence-electron chi connectivity index (χ2n) is 2.13. The summed E-state index contributed by atoms with van der Waals surface area (Å²) in [5, 5.41) is 0. The van der Waals surface area contributed by atoms with Crippen LogP contribution in [0.5, 0.6) is 0 Å². The van der Waals surface area contributed by atoms with Gasteiger partial charge in [-0.1, -0.05) is 6.07 Å². The predicted octanol–water partition coefficient (Wildman–Crippen LogP) is 2.53. The first-order valence-electron chi connectivity index (χ1n) is 3.81. The summed E-state index contributed by atoms with van der Waals surface area (Å²) >= 11 is 0. The number of pyridine rings is 1. The van der Waals surface area contributed by atoms with Crippen molar-refractivity contribution in [1.82, 2.24) is 4.98 Å². The van der Waals surface area contributed by atoms with Crippen molar-refractivity contribution in [3.05, 3.63) is 18.2 Å². The highest BCUT2D eigenvalue weighted by molar-refractivity contribution is 5.61. The molecule has 0 saturated carbocycles. The summed E-state index contributed by atoms with van der Waals surface area (Å²) in [4.78, 5) is 12.2. The molecule has 0 radical (unpaired) electrons. The van der Waals surface area contributed by atoms with Gasteiger partial charge in [0.25, 0.3) is 0 Å². The highest BCUT2D eigenvalue weighted by Gasteiger charge is 1.90. The van der Waals surface area contributed by atoms with Crippen molar-refractivity contribution in [1.29, 1.82) is 0 Å². The fourth-order valence-electron chi connectivity index (χ4n) is 0.820. The topological polar surface area (TPSA) is 37.6 Å². The van der Waals surface area contributed by atoms with Crippen LogP contribution >= 0.6 is 0 Å². The molecule has 1 aromatic rings. The Hall–Kier alpha value is -1.51. The quantitative estimate of drug-likeness (QED) is 0.614. The molecular formula is C9H11N3. The third-order valence-electron chi connectivity index (χ3n) is 1.24.